The van der Waals surface area contributed by atoms with Crippen LogP contribution in [0.2, 0.25) is 5.02 Å². The molecule has 26 heavy (non-hydrogen) atoms. The molecule has 0 bridgehead atoms. The average molecular weight is 374 g/mol. The highest BCUT2D eigenvalue weighted by Gasteiger charge is 2.11. The first-order chi connectivity index (χ1) is 12.5. The van der Waals surface area contributed by atoms with Crippen LogP contribution in [0.3, 0.4) is 0 Å². The number of rotatable bonds is 8. The molecule has 0 atom stereocenters. The lowest BCUT2D eigenvalue weighted by Gasteiger charge is -2.08. The van der Waals surface area contributed by atoms with Crippen LogP contribution in [0.5, 0.6) is 0 Å². The zero-order valence-electron chi connectivity index (χ0n) is 15.1. The van der Waals surface area contributed by atoms with Crippen LogP contribution in [0.25, 0.3) is 0 Å². The lowest BCUT2D eigenvalue weighted by atomic mass is 10.1. The van der Waals surface area contributed by atoms with Crippen LogP contribution in [-0.4, -0.2) is 29.9 Å². The lowest BCUT2D eigenvalue weighted by molar-refractivity contribution is 0.0947. The van der Waals surface area contributed by atoms with Crippen molar-refractivity contribution in [3.8, 4) is 0 Å². The molecule has 0 radical (unpaired) electrons. The normalized spacial score (nSPS) is 10.6. The molecule has 0 fully saturated rings. The molecular weight excluding hydrogens is 350 g/mol. The number of aromatic nitrogens is 1. The highest BCUT2D eigenvalue weighted by Crippen LogP contribution is 2.09. The lowest BCUT2D eigenvalue weighted by Crippen LogP contribution is -2.28. The summed E-state index contributed by atoms with van der Waals surface area (Å²) in [6, 6.07) is 10.6. The number of hydrogen-bond donors (Lipinski definition) is 2. The van der Waals surface area contributed by atoms with E-state index in [0.29, 0.717) is 36.0 Å². The minimum Gasteiger partial charge on any atom is -0.352 e. The fourth-order valence-electron chi connectivity index (χ4n) is 2.33. The Morgan fingerprint density at radius 3 is 2.42 bits per heavy atom. The van der Waals surface area contributed by atoms with E-state index in [1.165, 1.54) is 12.3 Å². The number of benzene rings is 1. The van der Waals surface area contributed by atoms with E-state index < -0.39 is 0 Å². The van der Waals surface area contributed by atoms with Gasteiger partial charge in [0, 0.05) is 29.9 Å². The Morgan fingerprint density at radius 1 is 1.04 bits per heavy atom. The zero-order valence-corrected chi connectivity index (χ0v) is 15.8. The first kappa shape index (κ1) is 19.9. The van der Waals surface area contributed by atoms with Crippen LogP contribution in [0.1, 0.15) is 46.7 Å². The second kappa shape index (κ2) is 9.92. The second-order valence-corrected chi connectivity index (χ2v) is 6.94. The molecule has 2 N–H and O–H groups in total. The summed E-state index contributed by atoms with van der Waals surface area (Å²) in [6.45, 7) is 5.28. The molecule has 1 aromatic heterocycles. The maximum absolute atomic E-state index is 12.3. The SMILES string of the molecule is CC(C)CCNC(=O)c1cc(C(=O)NCCc2ccc(Cl)cc2)ccn1. The number of amides is 2. The molecule has 1 heterocycles. The van der Waals surface area contributed by atoms with Crippen molar-refractivity contribution >= 4 is 23.4 Å². The maximum atomic E-state index is 12.3. The van der Waals surface area contributed by atoms with Gasteiger partial charge >= 0.3 is 0 Å². The van der Waals surface area contributed by atoms with Gasteiger partial charge in [0.25, 0.3) is 11.8 Å². The molecule has 2 aromatic rings. The van der Waals surface area contributed by atoms with Gasteiger partial charge in [0.2, 0.25) is 0 Å². The molecule has 0 aliphatic heterocycles. The summed E-state index contributed by atoms with van der Waals surface area (Å²) < 4.78 is 0. The Balaban J connectivity index is 1.86. The predicted octanol–water partition coefficient (Wildman–Crippen LogP) is 3.48. The first-order valence-corrected chi connectivity index (χ1v) is 9.10. The van der Waals surface area contributed by atoms with E-state index in [9.17, 15) is 9.59 Å². The van der Waals surface area contributed by atoms with E-state index in [1.807, 2.05) is 24.3 Å². The fourth-order valence-corrected chi connectivity index (χ4v) is 2.46. The van der Waals surface area contributed by atoms with Crippen molar-refractivity contribution in [3.63, 3.8) is 0 Å². The highest BCUT2D eigenvalue weighted by atomic mass is 35.5. The molecule has 1 aromatic carbocycles. The number of nitrogens with one attached hydrogen (secondary N) is 2. The van der Waals surface area contributed by atoms with Crippen molar-refractivity contribution in [2.45, 2.75) is 26.7 Å². The molecule has 0 unspecified atom stereocenters. The van der Waals surface area contributed by atoms with Gasteiger partial charge in [-0.05, 0) is 48.6 Å². The van der Waals surface area contributed by atoms with E-state index in [4.69, 9.17) is 11.6 Å². The van der Waals surface area contributed by atoms with Gasteiger partial charge in [-0.15, -0.1) is 0 Å². The number of pyridine rings is 1. The molecule has 0 aliphatic carbocycles. The van der Waals surface area contributed by atoms with E-state index in [1.54, 1.807) is 6.07 Å². The molecule has 5 nitrogen and oxygen atoms in total. The summed E-state index contributed by atoms with van der Waals surface area (Å²) in [7, 11) is 0. The number of nitrogens with zero attached hydrogens (tertiary/aromatic N) is 1. The number of carbonyl (C=O) groups is 2. The Labute approximate surface area is 159 Å². The van der Waals surface area contributed by atoms with E-state index in [-0.39, 0.29) is 17.5 Å². The van der Waals surface area contributed by atoms with E-state index in [0.717, 1.165) is 12.0 Å². The van der Waals surface area contributed by atoms with Crippen molar-refractivity contribution in [3.05, 3.63) is 64.4 Å². The third kappa shape index (κ3) is 6.48. The molecular formula is C20H24ClN3O2. The second-order valence-electron chi connectivity index (χ2n) is 6.50. The highest BCUT2D eigenvalue weighted by molar-refractivity contribution is 6.30. The summed E-state index contributed by atoms with van der Waals surface area (Å²) in [4.78, 5) is 28.4. The summed E-state index contributed by atoms with van der Waals surface area (Å²) in [5.41, 5.74) is 1.76. The van der Waals surface area contributed by atoms with E-state index >= 15 is 0 Å². The van der Waals surface area contributed by atoms with Crippen molar-refractivity contribution in [1.29, 1.82) is 0 Å². The average Bonchev–Trinajstić information content (AvgIpc) is 2.63. The third-order valence-electron chi connectivity index (χ3n) is 3.87. The number of hydrogen-bond acceptors (Lipinski definition) is 3. The predicted molar refractivity (Wildman–Crippen MR) is 104 cm³/mol. The third-order valence-corrected chi connectivity index (χ3v) is 4.13. The maximum Gasteiger partial charge on any atom is 0.269 e. The molecule has 6 heteroatoms. The van der Waals surface area contributed by atoms with Crippen LogP contribution in [0, 0.1) is 5.92 Å². The van der Waals surface area contributed by atoms with Gasteiger partial charge in [-0.2, -0.15) is 0 Å². The fraction of sp³-hybridized carbons (Fsp3) is 0.350. The minimum absolute atomic E-state index is 0.224. The number of carbonyl (C=O) groups excluding carboxylic acids is 2. The zero-order chi connectivity index (χ0) is 18.9. The first-order valence-electron chi connectivity index (χ1n) is 8.72. The van der Waals surface area contributed by atoms with Gasteiger partial charge in [0.15, 0.2) is 0 Å². The molecule has 2 amide bonds. The summed E-state index contributed by atoms with van der Waals surface area (Å²) in [5.74, 6) is 0.0278. The Hall–Kier alpha value is -2.40. The Kier molecular flexibility index (Phi) is 7.60. The van der Waals surface area contributed by atoms with Crippen LogP contribution in [0.4, 0.5) is 0 Å². The molecule has 0 saturated heterocycles. The number of halogens is 1. The minimum atomic E-state index is -0.263. The summed E-state index contributed by atoms with van der Waals surface area (Å²) >= 11 is 5.86. The van der Waals surface area contributed by atoms with Crippen molar-refractivity contribution in [1.82, 2.24) is 15.6 Å². The van der Waals surface area contributed by atoms with Crippen molar-refractivity contribution < 1.29 is 9.59 Å². The summed E-state index contributed by atoms with van der Waals surface area (Å²) in [5, 5.41) is 6.37. The van der Waals surface area contributed by atoms with Gasteiger partial charge in [-0.25, -0.2) is 0 Å². The largest absolute Gasteiger partial charge is 0.352 e. The molecule has 0 aliphatic rings. The van der Waals surface area contributed by atoms with Gasteiger partial charge < -0.3 is 10.6 Å². The molecule has 2 rings (SSSR count). The van der Waals surface area contributed by atoms with Crippen LogP contribution in [-0.2, 0) is 6.42 Å². The van der Waals surface area contributed by atoms with Gasteiger partial charge in [-0.3, -0.25) is 14.6 Å². The summed E-state index contributed by atoms with van der Waals surface area (Å²) in [6.07, 6.45) is 3.08. The van der Waals surface area contributed by atoms with Crippen molar-refractivity contribution in [2.75, 3.05) is 13.1 Å². The standard InChI is InChI=1S/C20H24ClN3O2/c1-14(2)7-10-24-20(26)18-13-16(9-12-22-18)19(25)23-11-8-15-3-5-17(21)6-4-15/h3-6,9,12-14H,7-8,10-11H2,1-2H3,(H,23,25)(H,24,26). The van der Waals surface area contributed by atoms with Gasteiger partial charge in [-0.1, -0.05) is 37.6 Å². The molecule has 138 valence electrons. The molecule has 0 spiro atoms. The van der Waals surface area contributed by atoms with Crippen LogP contribution < -0.4 is 10.6 Å². The Bertz CT molecular complexity index is 745. The van der Waals surface area contributed by atoms with Gasteiger partial charge in [0.05, 0.1) is 0 Å². The Morgan fingerprint density at radius 2 is 1.73 bits per heavy atom. The topological polar surface area (TPSA) is 71.1 Å². The molecule has 0 saturated carbocycles. The smallest absolute Gasteiger partial charge is 0.269 e. The monoisotopic (exact) mass is 373 g/mol. The van der Waals surface area contributed by atoms with Crippen LogP contribution in [0.15, 0.2) is 42.6 Å². The van der Waals surface area contributed by atoms with E-state index in [2.05, 4.69) is 29.5 Å². The quantitative estimate of drug-likeness (QED) is 0.744. The van der Waals surface area contributed by atoms with Gasteiger partial charge in [0.1, 0.15) is 5.69 Å². The van der Waals surface area contributed by atoms with Crippen LogP contribution >= 0.6 is 11.6 Å². The van der Waals surface area contributed by atoms with Crippen molar-refractivity contribution in [2.24, 2.45) is 5.92 Å².